The van der Waals surface area contributed by atoms with Gasteiger partial charge in [-0.3, -0.25) is 14.3 Å². The van der Waals surface area contributed by atoms with Gasteiger partial charge in [0.15, 0.2) is 0 Å². The minimum atomic E-state index is -0.488. The first kappa shape index (κ1) is 17.2. The first-order valence-electron chi connectivity index (χ1n) is 8.76. The summed E-state index contributed by atoms with van der Waals surface area (Å²) in [6, 6.07) is 9.31. The Hall–Kier alpha value is -2.63. The van der Waals surface area contributed by atoms with Gasteiger partial charge in [-0.25, -0.2) is 0 Å². The summed E-state index contributed by atoms with van der Waals surface area (Å²) in [5.74, 6) is -0.210. The Morgan fingerprint density at radius 2 is 2.08 bits per heavy atom. The van der Waals surface area contributed by atoms with E-state index in [1.807, 2.05) is 37.3 Å². The Balaban J connectivity index is 1.84. The van der Waals surface area contributed by atoms with Crippen LogP contribution in [0.5, 0.6) is 0 Å². The second kappa shape index (κ2) is 7.51. The van der Waals surface area contributed by atoms with Crippen molar-refractivity contribution < 1.29 is 9.59 Å². The highest BCUT2D eigenvalue weighted by atomic mass is 16.2. The molecule has 1 aliphatic rings. The van der Waals surface area contributed by atoms with Crippen LogP contribution in [0, 0.1) is 6.92 Å². The van der Waals surface area contributed by atoms with Crippen LogP contribution in [0.3, 0.4) is 0 Å². The molecule has 132 valence electrons. The number of carbonyl (C=O) groups excluding carboxylic acids is 2. The zero-order valence-electron chi connectivity index (χ0n) is 14.7. The summed E-state index contributed by atoms with van der Waals surface area (Å²) in [5.41, 5.74) is 2.34. The second-order valence-corrected chi connectivity index (χ2v) is 6.39. The van der Waals surface area contributed by atoms with Crippen LogP contribution in [-0.2, 0) is 17.8 Å². The maximum atomic E-state index is 13.1. The van der Waals surface area contributed by atoms with Crippen molar-refractivity contribution in [2.24, 2.45) is 0 Å². The van der Waals surface area contributed by atoms with Crippen molar-refractivity contribution in [3.05, 3.63) is 53.3 Å². The Morgan fingerprint density at radius 3 is 2.80 bits per heavy atom. The largest absolute Gasteiger partial charge is 0.353 e. The zero-order valence-corrected chi connectivity index (χ0v) is 14.7. The molecule has 0 radical (unpaired) electrons. The van der Waals surface area contributed by atoms with Crippen LogP contribution >= 0.6 is 0 Å². The molecule has 0 unspecified atom stereocenters. The summed E-state index contributed by atoms with van der Waals surface area (Å²) in [6.07, 6.45) is 3.27. The van der Waals surface area contributed by atoms with E-state index in [1.54, 1.807) is 15.8 Å². The van der Waals surface area contributed by atoms with Gasteiger partial charge in [0.2, 0.25) is 5.91 Å². The smallest absolute Gasteiger partial charge is 0.258 e. The standard InChI is InChI=1S/C19H24N4O2/c1-3-10-22-13-16(14(2)21-22)19(25)23-11-9-20-18(24)17(23)12-15-7-5-4-6-8-15/h4-8,13,17H,3,9-12H2,1-2H3,(H,20,24)/t17-/m1/s1. The third-order valence-corrected chi connectivity index (χ3v) is 4.49. The van der Waals surface area contributed by atoms with Crippen molar-refractivity contribution in [1.29, 1.82) is 0 Å². The number of amides is 2. The first-order valence-corrected chi connectivity index (χ1v) is 8.76. The summed E-state index contributed by atoms with van der Waals surface area (Å²) in [5, 5.41) is 7.29. The van der Waals surface area contributed by atoms with Crippen LogP contribution in [0.4, 0.5) is 0 Å². The molecular formula is C19H24N4O2. The molecule has 2 heterocycles. The highest BCUT2D eigenvalue weighted by Crippen LogP contribution is 2.17. The van der Waals surface area contributed by atoms with E-state index >= 15 is 0 Å². The summed E-state index contributed by atoms with van der Waals surface area (Å²) in [4.78, 5) is 27.2. The molecule has 1 aromatic heterocycles. The van der Waals surface area contributed by atoms with E-state index < -0.39 is 6.04 Å². The number of piperazine rings is 1. The molecule has 1 saturated heterocycles. The fourth-order valence-electron chi connectivity index (χ4n) is 3.22. The van der Waals surface area contributed by atoms with Gasteiger partial charge in [0.1, 0.15) is 6.04 Å². The van der Waals surface area contributed by atoms with Crippen molar-refractivity contribution in [3.63, 3.8) is 0 Å². The van der Waals surface area contributed by atoms with Gasteiger partial charge in [0, 0.05) is 32.3 Å². The number of nitrogens with zero attached hydrogens (tertiary/aromatic N) is 3. The molecule has 2 aromatic rings. The van der Waals surface area contributed by atoms with E-state index in [-0.39, 0.29) is 11.8 Å². The Kier molecular flexibility index (Phi) is 5.16. The SMILES string of the molecule is CCCn1cc(C(=O)N2CCNC(=O)[C@H]2Cc2ccccc2)c(C)n1. The van der Waals surface area contributed by atoms with Crippen LogP contribution in [0.25, 0.3) is 0 Å². The molecular weight excluding hydrogens is 316 g/mol. The Morgan fingerprint density at radius 1 is 1.32 bits per heavy atom. The Bertz CT molecular complexity index is 754. The monoisotopic (exact) mass is 340 g/mol. The van der Waals surface area contributed by atoms with E-state index in [2.05, 4.69) is 17.3 Å². The summed E-state index contributed by atoms with van der Waals surface area (Å²) < 4.78 is 1.80. The number of hydrogen-bond donors (Lipinski definition) is 1. The van der Waals surface area contributed by atoms with Crippen molar-refractivity contribution in [2.75, 3.05) is 13.1 Å². The van der Waals surface area contributed by atoms with Gasteiger partial charge < -0.3 is 10.2 Å². The van der Waals surface area contributed by atoms with Gasteiger partial charge in [-0.1, -0.05) is 37.3 Å². The van der Waals surface area contributed by atoms with Crippen LogP contribution in [0.2, 0.25) is 0 Å². The molecule has 3 rings (SSSR count). The average molecular weight is 340 g/mol. The number of aromatic nitrogens is 2. The molecule has 0 saturated carbocycles. The van der Waals surface area contributed by atoms with E-state index in [9.17, 15) is 9.59 Å². The predicted octanol–water partition coefficient (Wildman–Crippen LogP) is 1.78. The molecule has 1 fully saturated rings. The number of carbonyl (C=O) groups is 2. The molecule has 25 heavy (non-hydrogen) atoms. The van der Waals surface area contributed by atoms with E-state index in [0.29, 0.717) is 30.8 Å². The zero-order chi connectivity index (χ0) is 17.8. The lowest BCUT2D eigenvalue weighted by Gasteiger charge is -2.35. The lowest BCUT2D eigenvalue weighted by Crippen LogP contribution is -2.58. The van der Waals surface area contributed by atoms with Gasteiger partial charge >= 0.3 is 0 Å². The minimum absolute atomic E-state index is 0.0953. The highest BCUT2D eigenvalue weighted by molar-refractivity contribution is 5.98. The van der Waals surface area contributed by atoms with E-state index in [0.717, 1.165) is 18.5 Å². The molecule has 1 aromatic carbocycles. The van der Waals surface area contributed by atoms with Crippen molar-refractivity contribution in [3.8, 4) is 0 Å². The van der Waals surface area contributed by atoms with Crippen LogP contribution in [0.15, 0.2) is 36.5 Å². The molecule has 6 heteroatoms. The van der Waals surface area contributed by atoms with E-state index in [1.165, 1.54) is 0 Å². The number of aryl methyl sites for hydroxylation is 2. The lowest BCUT2D eigenvalue weighted by molar-refractivity contribution is -0.127. The van der Waals surface area contributed by atoms with Crippen LogP contribution < -0.4 is 5.32 Å². The maximum absolute atomic E-state index is 13.1. The third kappa shape index (κ3) is 3.73. The predicted molar refractivity (Wildman–Crippen MR) is 95.2 cm³/mol. The second-order valence-electron chi connectivity index (χ2n) is 6.39. The van der Waals surface area contributed by atoms with Crippen LogP contribution in [-0.4, -0.2) is 45.6 Å². The van der Waals surface area contributed by atoms with Crippen molar-refractivity contribution in [2.45, 2.75) is 39.3 Å². The fraction of sp³-hybridized carbons (Fsp3) is 0.421. The normalized spacial score (nSPS) is 17.4. The molecule has 1 atom stereocenters. The van der Waals surface area contributed by atoms with Gasteiger partial charge in [-0.05, 0) is 18.9 Å². The lowest BCUT2D eigenvalue weighted by atomic mass is 10.0. The van der Waals surface area contributed by atoms with Gasteiger partial charge in [-0.2, -0.15) is 5.10 Å². The van der Waals surface area contributed by atoms with Gasteiger partial charge in [0.05, 0.1) is 11.3 Å². The molecule has 0 aliphatic carbocycles. The molecule has 1 aliphatic heterocycles. The molecule has 2 amide bonds. The molecule has 0 spiro atoms. The van der Waals surface area contributed by atoms with Crippen molar-refractivity contribution in [1.82, 2.24) is 20.0 Å². The highest BCUT2D eigenvalue weighted by Gasteiger charge is 2.34. The number of hydrogen-bond acceptors (Lipinski definition) is 3. The Labute approximate surface area is 147 Å². The number of nitrogens with one attached hydrogen (secondary N) is 1. The van der Waals surface area contributed by atoms with Crippen molar-refractivity contribution >= 4 is 11.8 Å². The quantitative estimate of drug-likeness (QED) is 0.902. The van der Waals surface area contributed by atoms with Gasteiger partial charge in [0.25, 0.3) is 5.91 Å². The number of rotatable bonds is 5. The molecule has 6 nitrogen and oxygen atoms in total. The fourth-order valence-corrected chi connectivity index (χ4v) is 3.22. The maximum Gasteiger partial charge on any atom is 0.258 e. The molecule has 1 N–H and O–H groups in total. The topological polar surface area (TPSA) is 67.2 Å². The first-order chi connectivity index (χ1) is 12.1. The van der Waals surface area contributed by atoms with E-state index in [4.69, 9.17) is 0 Å². The summed E-state index contributed by atoms with van der Waals surface area (Å²) in [6.45, 7) is 5.69. The summed E-state index contributed by atoms with van der Waals surface area (Å²) in [7, 11) is 0. The third-order valence-electron chi connectivity index (χ3n) is 4.49. The number of benzene rings is 1. The summed E-state index contributed by atoms with van der Waals surface area (Å²) >= 11 is 0. The average Bonchev–Trinajstić information content (AvgIpc) is 2.98. The van der Waals surface area contributed by atoms with Crippen LogP contribution in [0.1, 0.15) is 35.0 Å². The minimum Gasteiger partial charge on any atom is -0.353 e. The van der Waals surface area contributed by atoms with Gasteiger partial charge in [-0.15, -0.1) is 0 Å². The molecule has 0 bridgehead atoms.